The van der Waals surface area contributed by atoms with Crippen LogP contribution in [0.5, 0.6) is 0 Å². The Morgan fingerprint density at radius 3 is 2.57 bits per heavy atom. The summed E-state index contributed by atoms with van der Waals surface area (Å²) in [7, 11) is 1.86. The van der Waals surface area contributed by atoms with E-state index in [0.29, 0.717) is 6.04 Å². The number of rotatable bonds is 6. The van der Waals surface area contributed by atoms with E-state index in [2.05, 4.69) is 51.8 Å². The summed E-state index contributed by atoms with van der Waals surface area (Å²) < 4.78 is 9.27. The summed E-state index contributed by atoms with van der Waals surface area (Å²) in [6.45, 7) is 7.42. The van der Waals surface area contributed by atoms with Crippen molar-refractivity contribution in [1.29, 1.82) is 0 Å². The largest absolute Gasteiger partial charge is 0.376 e. The van der Waals surface area contributed by atoms with Crippen molar-refractivity contribution < 1.29 is 4.74 Å². The van der Waals surface area contributed by atoms with E-state index in [0.717, 1.165) is 23.9 Å². The molecule has 21 heavy (non-hydrogen) atoms. The van der Waals surface area contributed by atoms with Crippen LogP contribution in [0.25, 0.3) is 0 Å². The van der Waals surface area contributed by atoms with Gasteiger partial charge < -0.3 is 10.1 Å². The summed E-state index contributed by atoms with van der Waals surface area (Å²) in [5, 5.41) is 8.22. The standard InChI is InChI=1S/C16H28BrN3O/c1-5-18-15(16(21-4)9-7-6-8-10-16)14-13(17)11-19-20(14)12(2)3/h11-12,15,18H,5-10H2,1-4H3. The molecule has 1 unspecified atom stereocenters. The van der Waals surface area contributed by atoms with Gasteiger partial charge in [0.2, 0.25) is 0 Å². The van der Waals surface area contributed by atoms with Gasteiger partial charge in [0.1, 0.15) is 0 Å². The van der Waals surface area contributed by atoms with Gasteiger partial charge in [0.25, 0.3) is 0 Å². The minimum Gasteiger partial charge on any atom is -0.376 e. The normalized spacial score (nSPS) is 19.9. The fourth-order valence-electron chi connectivity index (χ4n) is 3.53. The van der Waals surface area contributed by atoms with E-state index < -0.39 is 0 Å². The molecule has 2 rings (SSSR count). The monoisotopic (exact) mass is 357 g/mol. The zero-order valence-electron chi connectivity index (χ0n) is 13.7. The average molecular weight is 358 g/mol. The highest BCUT2D eigenvalue weighted by molar-refractivity contribution is 9.10. The minimum absolute atomic E-state index is 0.122. The van der Waals surface area contributed by atoms with Crippen LogP contribution < -0.4 is 5.32 Å². The van der Waals surface area contributed by atoms with Crippen molar-refractivity contribution in [1.82, 2.24) is 15.1 Å². The Balaban J connectivity index is 2.45. The van der Waals surface area contributed by atoms with Gasteiger partial charge in [0, 0.05) is 13.2 Å². The molecule has 0 aromatic carbocycles. The quantitative estimate of drug-likeness (QED) is 0.827. The summed E-state index contributed by atoms with van der Waals surface area (Å²) in [6.07, 6.45) is 7.92. The molecule has 0 radical (unpaired) electrons. The number of hydrogen-bond donors (Lipinski definition) is 1. The maximum Gasteiger partial charge on any atom is 0.0888 e. The fourth-order valence-corrected chi connectivity index (χ4v) is 4.03. The number of methoxy groups -OCH3 is 1. The van der Waals surface area contributed by atoms with Crippen LogP contribution in [-0.2, 0) is 4.74 Å². The van der Waals surface area contributed by atoms with Gasteiger partial charge in [-0.2, -0.15) is 5.10 Å². The van der Waals surface area contributed by atoms with Gasteiger partial charge in [0.15, 0.2) is 0 Å². The first kappa shape index (κ1) is 17.0. The number of halogens is 1. The molecule has 0 spiro atoms. The Morgan fingerprint density at radius 1 is 1.38 bits per heavy atom. The van der Waals surface area contributed by atoms with Gasteiger partial charge in [-0.15, -0.1) is 0 Å². The molecule has 1 atom stereocenters. The fraction of sp³-hybridized carbons (Fsp3) is 0.812. The van der Waals surface area contributed by atoms with Crippen LogP contribution in [0, 0.1) is 0 Å². The lowest BCUT2D eigenvalue weighted by molar-refractivity contribution is -0.0707. The highest BCUT2D eigenvalue weighted by Gasteiger charge is 2.43. The van der Waals surface area contributed by atoms with E-state index in [9.17, 15) is 0 Å². The Labute approximate surface area is 136 Å². The number of nitrogens with one attached hydrogen (secondary N) is 1. The number of likely N-dealkylation sites (N-methyl/N-ethyl adjacent to an activating group) is 1. The summed E-state index contributed by atoms with van der Waals surface area (Å²) in [5.41, 5.74) is 1.10. The van der Waals surface area contributed by atoms with Crippen LogP contribution >= 0.6 is 15.9 Å². The topological polar surface area (TPSA) is 39.1 Å². The van der Waals surface area contributed by atoms with E-state index in [4.69, 9.17) is 4.74 Å². The van der Waals surface area contributed by atoms with Crippen molar-refractivity contribution in [2.24, 2.45) is 0 Å². The molecule has 1 aliphatic rings. The molecule has 0 bridgehead atoms. The van der Waals surface area contributed by atoms with Gasteiger partial charge in [-0.1, -0.05) is 26.2 Å². The molecule has 5 heteroatoms. The van der Waals surface area contributed by atoms with E-state index in [-0.39, 0.29) is 11.6 Å². The summed E-state index contributed by atoms with van der Waals surface area (Å²) in [6, 6.07) is 0.511. The van der Waals surface area contributed by atoms with Gasteiger partial charge in [-0.05, 0) is 49.2 Å². The summed E-state index contributed by atoms with van der Waals surface area (Å²) >= 11 is 3.70. The molecule has 0 aliphatic heterocycles. The Kier molecular flexibility index (Phi) is 5.86. The molecule has 4 nitrogen and oxygen atoms in total. The van der Waals surface area contributed by atoms with Crippen LogP contribution in [0.4, 0.5) is 0 Å². The minimum atomic E-state index is -0.122. The van der Waals surface area contributed by atoms with E-state index in [1.807, 2.05) is 13.3 Å². The van der Waals surface area contributed by atoms with Crippen LogP contribution in [-0.4, -0.2) is 29.0 Å². The second kappa shape index (κ2) is 7.25. The third kappa shape index (κ3) is 3.35. The lowest BCUT2D eigenvalue weighted by Gasteiger charge is -2.43. The summed E-state index contributed by atoms with van der Waals surface area (Å²) in [4.78, 5) is 0. The molecule has 1 saturated carbocycles. The lowest BCUT2D eigenvalue weighted by atomic mass is 9.77. The third-order valence-electron chi connectivity index (χ3n) is 4.59. The van der Waals surface area contributed by atoms with Crippen LogP contribution in [0.1, 0.15) is 70.7 Å². The molecule has 120 valence electrons. The van der Waals surface area contributed by atoms with Gasteiger partial charge >= 0.3 is 0 Å². The SMILES string of the molecule is CCNC(c1c(Br)cnn1C(C)C)C1(OC)CCCCC1. The van der Waals surface area contributed by atoms with E-state index >= 15 is 0 Å². The molecule has 1 fully saturated rings. The molecule has 1 N–H and O–H groups in total. The number of ether oxygens (including phenoxy) is 1. The van der Waals surface area contributed by atoms with Crippen LogP contribution in [0.15, 0.2) is 10.7 Å². The van der Waals surface area contributed by atoms with Crippen molar-refractivity contribution in [3.8, 4) is 0 Å². The Hall–Kier alpha value is -0.390. The predicted molar refractivity (Wildman–Crippen MR) is 89.6 cm³/mol. The Bertz CT molecular complexity index is 452. The summed E-state index contributed by atoms with van der Waals surface area (Å²) in [5.74, 6) is 0. The van der Waals surface area contributed by atoms with Crippen molar-refractivity contribution >= 4 is 15.9 Å². The van der Waals surface area contributed by atoms with Crippen molar-refractivity contribution in [3.05, 3.63) is 16.4 Å². The van der Waals surface area contributed by atoms with Crippen LogP contribution in [0.3, 0.4) is 0 Å². The number of aromatic nitrogens is 2. The van der Waals surface area contributed by atoms with Crippen molar-refractivity contribution in [2.75, 3.05) is 13.7 Å². The molecule has 1 aromatic rings. The maximum atomic E-state index is 6.08. The van der Waals surface area contributed by atoms with Gasteiger partial charge in [-0.25, -0.2) is 0 Å². The molecular weight excluding hydrogens is 330 g/mol. The first-order valence-corrected chi connectivity index (χ1v) is 8.86. The van der Waals surface area contributed by atoms with Gasteiger partial charge in [-0.3, -0.25) is 4.68 Å². The second-order valence-corrected chi connectivity index (χ2v) is 7.09. The van der Waals surface area contributed by atoms with Crippen molar-refractivity contribution in [3.63, 3.8) is 0 Å². The zero-order chi connectivity index (χ0) is 15.5. The number of nitrogens with zero attached hydrogens (tertiary/aromatic N) is 2. The molecule has 1 aromatic heterocycles. The smallest absolute Gasteiger partial charge is 0.0888 e. The lowest BCUT2D eigenvalue weighted by Crippen LogP contribution is -2.48. The molecule has 0 amide bonds. The Morgan fingerprint density at radius 2 is 2.05 bits per heavy atom. The van der Waals surface area contributed by atoms with Crippen molar-refractivity contribution in [2.45, 2.75) is 70.6 Å². The average Bonchev–Trinajstić information content (AvgIpc) is 2.87. The molecule has 1 aliphatic carbocycles. The first-order valence-electron chi connectivity index (χ1n) is 8.07. The van der Waals surface area contributed by atoms with E-state index in [1.165, 1.54) is 25.0 Å². The predicted octanol–water partition coefficient (Wildman–Crippen LogP) is 4.23. The number of hydrogen-bond acceptors (Lipinski definition) is 3. The zero-order valence-corrected chi connectivity index (χ0v) is 15.2. The van der Waals surface area contributed by atoms with Crippen LogP contribution in [0.2, 0.25) is 0 Å². The first-order chi connectivity index (χ1) is 10.1. The highest BCUT2D eigenvalue weighted by atomic mass is 79.9. The third-order valence-corrected chi connectivity index (χ3v) is 5.20. The molecule has 0 saturated heterocycles. The van der Waals surface area contributed by atoms with E-state index in [1.54, 1.807) is 0 Å². The second-order valence-electron chi connectivity index (χ2n) is 6.24. The molecular formula is C16H28BrN3O. The van der Waals surface area contributed by atoms with Gasteiger partial charge in [0.05, 0.1) is 28.0 Å². The maximum absolute atomic E-state index is 6.08. The highest BCUT2D eigenvalue weighted by Crippen LogP contribution is 2.43. The molecule has 1 heterocycles.